The summed E-state index contributed by atoms with van der Waals surface area (Å²) in [5.74, 6) is 0.0649. The Morgan fingerprint density at radius 2 is 2.00 bits per heavy atom. The molecule has 1 rings (SSSR count). The molecule has 0 aliphatic heterocycles. The van der Waals surface area contributed by atoms with Crippen molar-refractivity contribution in [1.29, 1.82) is 0 Å². The third-order valence-electron chi connectivity index (χ3n) is 2.23. The Morgan fingerprint density at radius 3 is 2.60 bits per heavy atom. The van der Waals surface area contributed by atoms with Gasteiger partial charge in [0.15, 0.2) is 0 Å². The molecule has 15 heavy (non-hydrogen) atoms. The molecule has 0 N–H and O–H groups in total. The van der Waals surface area contributed by atoms with Crippen molar-refractivity contribution < 1.29 is 4.79 Å². The molecule has 0 radical (unpaired) electrons. The van der Waals surface area contributed by atoms with Crippen LogP contribution in [0, 0.1) is 0 Å². The Balaban J connectivity index is 3.00. The SMILES string of the molecule is C/C=C/Cc1ccccc1C(=O)N(C)C. The molecule has 0 aliphatic carbocycles. The zero-order valence-corrected chi connectivity index (χ0v) is 9.53. The minimum Gasteiger partial charge on any atom is -0.345 e. The van der Waals surface area contributed by atoms with Gasteiger partial charge in [0, 0.05) is 19.7 Å². The van der Waals surface area contributed by atoms with Gasteiger partial charge < -0.3 is 4.90 Å². The highest BCUT2D eigenvalue weighted by Crippen LogP contribution is 2.11. The first kappa shape index (κ1) is 11.5. The summed E-state index contributed by atoms with van der Waals surface area (Å²) in [6.45, 7) is 1.98. The van der Waals surface area contributed by atoms with Crippen molar-refractivity contribution in [2.75, 3.05) is 14.1 Å². The molecule has 1 aromatic carbocycles. The third-order valence-corrected chi connectivity index (χ3v) is 2.23. The van der Waals surface area contributed by atoms with E-state index in [0.717, 1.165) is 17.5 Å². The summed E-state index contributed by atoms with van der Waals surface area (Å²) in [7, 11) is 3.55. The fraction of sp³-hybridized carbons (Fsp3) is 0.308. The second kappa shape index (κ2) is 5.35. The summed E-state index contributed by atoms with van der Waals surface area (Å²) in [5.41, 5.74) is 1.87. The number of carbonyl (C=O) groups is 1. The summed E-state index contributed by atoms with van der Waals surface area (Å²) in [6, 6.07) is 7.74. The monoisotopic (exact) mass is 203 g/mol. The molecule has 0 fully saturated rings. The average Bonchev–Trinajstić information content (AvgIpc) is 2.25. The number of rotatable bonds is 3. The van der Waals surface area contributed by atoms with Crippen LogP contribution in [0.2, 0.25) is 0 Å². The largest absolute Gasteiger partial charge is 0.345 e. The Labute approximate surface area is 91.2 Å². The second-order valence-corrected chi connectivity index (χ2v) is 3.63. The molecular weight excluding hydrogens is 186 g/mol. The Kier molecular flexibility index (Phi) is 4.10. The number of hydrogen-bond donors (Lipinski definition) is 0. The molecule has 80 valence electrons. The van der Waals surface area contributed by atoms with Gasteiger partial charge in [-0.3, -0.25) is 4.79 Å². The molecular formula is C13H17NO. The van der Waals surface area contributed by atoms with Crippen LogP contribution in [0.4, 0.5) is 0 Å². The van der Waals surface area contributed by atoms with E-state index in [1.54, 1.807) is 19.0 Å². The number of allylic oxidation sites excluding steroid dienone is 2. The van der Waals surface area contributed by atoms with Crippen LogP contribution < -0.4 is 0 Å². The number of carbonyl (C=O) groups excluding carboxylic acids is 1. The van der Waals surface area contributed by atoms with Gasteiger partial charge in [-0.1, -0.05) is 30.4 Å². The summed E-state index contributed by atoms with van der Waals surface area (Å²) in [6.07, 6.45) is 4.87. The highest BCUT2D eigenvalue weighted by atomic mass is 16.2. The van der Waals surface area contributed by atoms with Crippen molar-refractivity contribution in [3.63, 3.8) is 0 Å². The van der Waals surface area contributed by atoms with Crippen LogP contribution in [0.5, 0.6) is 0 Å². The molecule has 0 saturated carbocycles. The quantitative estimate of drug-likeness (QED) is 0.691. The lowest BCUT2D eigenvalue weighted by atomic mass is 10.0. The fourth-order valence-electron chi connectivity index (χ4n) is 1.39. The normalized spacial score (nSPS) is 10.6. The minimum absolute atomic E-state index is 0.0649. The van der Waals surface area contributed by atoms with Crippen LogP contribution in [-0.2, 0) is 6.42 Å². The Morgan fingerprint density at radius 1 is 1.33 bits per heavy atom. The molecule has 0 heterocycles. The summed E-state index contributed by atoms with van der Waals surface area (Å²) < 4.78 is 0. The predicted octanol–water partition coefficient (Wildman–Crippen LogP) is 2.51. The maximum atomic E-state index is 11.8. The van der Waals surface area contributed by atoms with Gasteiger partial charge in [0.1, 0.15) is 0 Å². The molecule has 2 heteroatoms. The number of benzene rings is 1. The van der Waals surface area contributed by atoms with E-state index in [4.69, 9.17) is 0 Å². The van der Waals surface area contributed by atoms with E-state index in [1.807, 2.05) is 37.3 Å². The molecule has 1 amide bonds. The standard InChI is InChI=1S/C13H17NO/c1-4-5-8-11-9-6-7-10-12(11)13(15)14(2)3/h4-7,9-10H,8H2,1-3H3/b5-4+. The number of amides is 1. The van der Waals surface area contributed by atoms with Crippen LogP contribution in [-0.4, -0.2) is 24.9 Å². The first-order chi connectivity index (χ1) is 7.16. The van der Waals surface area contributed by atoms with Crippen molar-refractivity contribution in [1.82, 2.24) is 4.90 Å². The summed E-state index contributed by atoms with van der Waals surface area (Å²) >= 11 is 0. The average molecular weight is 203 g/mol. The topological polar surface area (TPSA) is 20.3 Å². The predicted molar refractivity (Wildman–Crippen MR) is 63.0 cm³/mol. The maximum Gasteiger partial charge on any atom is 0.253 e. The van der Waals surface area contributed by atoms with E-state index < -0.39 is 0 Å². The van der Waals surface area contributed by atoms with Gasteiger partial charge in [0.2, 0.25) is 0 Å². The molecule has 2 nitrogen and oxygen atoms in total. The van der Waals surface area contributed by atoms with Crippen LogP contribution in [0.1, 0.15) is 22.8 Å². The summed E-state index contributed by atoms with van der Waals surface area (Å²) in [5, 5.41) is 0. The number of nitrogens with zero attached hydrogens (tertiary/aromatic N) is 1. The zero-order valence-electron chi connectivity index (χ0n) is 9.53. The first-order valence-electron chi connectivity index (χ1n) is 5.07. The lowest BCUT2D eigenvalue weighted by Gasteiger charge is -2.13. The molecule has 0 saturated heterocycles. The van der Waals surface area contributed by atoms with Gasteiger partial charge in [-0.2, -0.15) is 0 Å². The molecule has 0 bridgehead atoms. The van der Waals surface area contributed by atoms with E-state index >= 15 is 0 Å². The van der Waals surface area contributed by atoms with Gasteiger partial charge in [-0.15, -0.1) is 0 Å². The van der Waals surface area contributed by atoms with E-state index in [1.165, 1.54) is 0 Å². The van der Waals surface area contributed by atoms with E-state index in [-0.39, 0.29) is 5.91 Å². The van der Waals surface area contributed by atoms with Crippen molar-refractivity contribution in [2.24, 2.45) is 0 Å². The van der Waals surface area contributed by atoms with Crippen molar-refractivity contribution in [3.8, 4) is 0 Å². The lowest BCUT2D eigenvalue weighted by Crippen LogP contribution is -2.22. The minimum atomic E-state index is 0.0649. The molecule has 0 aromatic heterocycles. The highest BCUT2D eigenvalue weighted by molar-refractivity contribution is 5.95. The Bertz CT molecular complexity index is 367. The molecule has 1 aromatic rings. The first-order valence-corrected chi connectivity index (χ1v) is 5.07. The smallest absolute Gasteiger partial charge is 0.253 e. The number of hydrogen-bond acceptors (Lipinski definition) is 1. The van der Waals surface area contributed by atoms with Crippen LogP contribution >= 0.6 is 0 Å². The van der Waals surface area contributed by atoms with Crippen LogP contribution in [0.25, 0.3) is 0 Å². The van der Waals surface area contributed by atoms with E-state index in [0.29, 0.717) is 0 Å². The fourth-order valence-corrected chi connectivity index (χ4v) is 1.39. The van der Waals surface area contributed by atoms with E-state index in [2.05, 4.69) is 6.08 Å². The second-order valence-electron chi connectivity index (χ2n) is 3.63. The van der Waals surface area contributed by atoms with Crippen molar-refractivity contribution in [3.05, 3.63) is 47.5 Å². The Hall–Kier alpha value is -1.57. The van der Waals surface area contributed by atoms with Gasteiger partial charge in [0.25, 0.3) is 5.91 Å². The highest BCUT2D eigenvalue weighted by Gasteiger charge is 2.10. The molecule has 0 unspecified atom stereocenters. The van der Waals surface area contributed by atoms with Gasteiger partial charge in [-0.05, 0) is 25.0 Å². The molecule has 0 spiro atoms. The van der Waals surface area contributed by atoms with Crippen molar-refractivity contribution >= 4 is 5.91 Å². The van der Waals surface area contributed by atoms with Gasteiger partial charge in [-0.25, -0.2) is 0 Å². The van der Waals surface area contributed by atoms with Crippen LogP contribution in [0.3, 0.4) is 0 Å². The zero-order chi connectivity index (χ0) is 11.3. The lowest BCUT2D eigenvalue weighted by molar-refractivity contribution is 0.0826. The van der Waals surface area contributed by atoms with E-state index in [9.17, 15) is 4.79 Å². The van der Waals surface area contributed by atoms with Gasteiger partial charge in [0.05, 0.1) is 0 Å². The maximum absolute atomic E-state index is 11.8. The third kappa shape index (κ3) is 2.94. The molecule has 0 aliphatic rings. The molecule has 0 atom stereocenters. The van der Waals surface area contributed by atoms with Crippen LogP contribution in [0.15, 0.2) is 36.4 Å². The van der Waals surface area contributed by atoms with Gasteiger partial charge >= 0.3 is 0 Å². The summed E-state index contributed by atoms with van der Waals surface area (Å²) in [4.78, 5) is 13.4. The van der Waals surface area contributed by atoms with Crippen molar-refractivity contribution in [2.45, 2.75) is 13.3 Å².